The minimum Gasteiger partial charge on any atom is -0.462 e. The van der Waals surface area contributed by atoms with E-state index in [0.717, 1.165) is 68.3 Å². The summed E-state index contributed by atoms with van der Waals surface area (Å²) in [5.74, 6) is -1.21. The van der Waals surface area contributed by atoms with Gasteiger partial charge in [-0.25, -0.2) is 13.9 Å². The first-order valence-corrected chi connectivity index (χ1v) is 25.0. The summed E-state index contributed by atoms with van der Waals surface area (Å²) in [4.78, 5) is 60.4. The molecule has 1 aliphatic heterocycles. The molecule has 6 N–H and O–H groups in total. The molecule has 0 aromatic carbocycles. The molecule has 18 nitrogen and oxygen atoms in total. The predicted molar refractivity (Wildman–Crippen MR) is 224 cm³/mol. The molecular weight excluding hydrogens is 824 g/mol. The topological polar surface area (TPSA) is 265 Å². The highest BCUT2D eigenvalue weighted by molar-refractivity contribution is 7.61. The third kappa shape index (κ3) is 23.8. The smallest absolute Gasteiger partial charge is 0.462 e. The Hall–Kier alpha value is -2.24. The van der Waals surface area contributed by atoms with Crippen LogP contribution in [0, 0.1) is 0 Å². The van der Waals surface area contributed by atoms with E-state index < -0.39 is 83.7 Å². The number of hydrogen-bond donors (Lipinski definition) is 5. The number of hydrogen-bond acceptors (Lipinski definition) is 15. The van der Waals surface area contributed by atoms with Crippen molar-refractivity contribution in [3.63, 3.8) is 0 Å². The molecule has 2 rings (SSSR count). The maximum Gasteiger partial charge on any atom is 0.483 e. The molecule has 6 unspecified atom stereocenters. The van der Waals surface area contributed by atoms with Crippen LogP contribution in [0.2, 0.25) is 0 Å². The van der Waals surface area contributed by atoms with E-state index in [9.17, 15) is 43.5 Å². The number of phosphoric ester groups is 1. The zero-order valence-corrected chi connectivity index (χ0v) is 37.6. The number of ether oxygens (including phenoxy) is 3. The summed E-state index contributed by atoms with van der Waals surface area (Å²) in [6, 6.07) is 0. The second-order valence-electron chi connectivity index (χ2n) is 15.6. The van der Waals surface area contributed by atoms with Gasteiger partial charge in [-0.15, -0.1) is 0 Å². The van der Waals surface area contributed by atoms with Crippen LogP contribution in [0.3, 0.4) is 0 Å². The molecule has 1 aromatic rings. The van der Waals surface area contributed by atoms with Crippen LogP contribution in [0.15, 0.2) is 17.2 Å². The molecule has 1 saturated heterocycles. The summed E-state index contributed by atoms with van der Waals surface area (Å²) in [5, 5.41) is 21.2. The van der Waals surface area contributed by atoms with Crippen LogP contribution in [0.5, 0.6) is 0 Å². The van der Waals surface area contributed by atoms with Crippen LogP contribution in [0.1, 0.15) is 174 Å². The van der Waals surface area contributed by atoms with Crippen molar-refractivity contribution < 1.29 is 66.3 Å². The number of rotatable bonds is 36. The molecule has 6 atom stereocenters. The lowest BCUT2D eigenvalue weighted by Gasteiger charge is -2.23. The number of nitrogen functional groups attached to an aromatic ring is 1. The Morgan fingerprint density at radius 1 is 0.750 bits per heavy atom. The van der Waals surface area contributed by atoms with Crippen LogP contribution in [-0.4, -0.2) is 85.7 Å². The van der Waals surface area contributed by atoms with Crippen LogP contribution in [-0.2, 0) is 46.3 Å². The van der Waals surface area contributed by atoms with E-state index in [2.05, 4.69) is 23.1 Å². The van der Waals surface area contributed by atoms with Crippen molar-refractivity contribution in [1.29, 1.82) is 0 Å². The first-order chi connectivity index (χ1) is 28.7. The van der Waals surface area contributed by atoms with Crippen LogP contribution in [0.25, 0.3) is 0 Å². The van der Waals surface area contributed by atoms with Gasteiger partial charge in [0.1, 0.15) is 24.9 Å². The minimum absolute atomic E-state index is 0.0411. The van der Waals surface area contributed by atoms with Gasteiger partial charge in [0.15, 0.2) is 12.3 Å². The molecule has 2 heterocycles. The Labute approximate surface area is 355 Å². The summed E-state index contributed by atoms with van der Waals surface area (Å²) in [6.45, 7) is 2.11. The Morgan fingerprint density at radius 2 is 1.23 bits per heavy atom. The number of carbonyl (C=O) groups is 2. The molecule has 0 saturated carbocycles. The van der Waals surface area contributed by atoms with Gasteiger partial charge < -0.3 is 39.9 Å². The molecular formula is C40H73N3O15P2. The number of phosphoric acid groups is 2. The van der Waals surface area contributed by atoms with E-state index in [1.54, 1.807) is 0 Å². The number of anilines is 1. The second kappa shape index (κ2) is 30.7. The Balaban J connectivity index is 1.96. The third-order valence-corrected chi connectivity index (χ3v) is 12.7. The number of unbranched alkanes of at least 4 members (excludes halogenated alkanes) is 20. The summed E-state index contributed by atoms with van der Waals surface area (Å²) in [7, 11) is -10.8. The molecule has 0 radical (unpaired) electrons. The van der Waals surface area contributed by atoms with E-state index in [1.165, 1.54) is 77.0 Å². The van der Waals surface area contributed by atoms with Crippen molar-refractivity contribution >= 4 is 33.3 Å². The standard InChI is InChI=1S/C40H73N3O15P2/c1-3-5-7-9-11-13-15-17-19-21-23-25-35(44)53-29-33(56-36(45)26-24-22-20-18-16-14-12-10-8-6-4-2)30-54-60(52,58-59(49,50)51)55-31-34-37(46)38(47)39(57-34)43-28-32(41)27-42-40(43)48/h27-28,33-34,37-39,46-47H,3-26,29-31,41H2,1-2H3,(H2,49,50,51). The number of nitrogens with zero attached hydrogens (tertiary/aromatic N) is 2. The van der Waals surface area contributed by atoms with Crippen molar-refractivity contribution in [2.45, 2.75) is 199 Å². The lowest BCUT2D eigenvalue weighted by Crippen LogP contribution is -2.36. The highest BCUT2D eigenvalue weighted by Gasteiger charge is 2.46. The number of carbonyl (C=O) groups excluding carboxylic acids is 2. The molecule has 0 spiro atoms. The van der Waals surface area contributed by atoms with Crippen molar-refractivity contribution in [3.05, 3.63) is 22.9 Å². The molecule has 20 heteroatoms. The normalized spacial score (nSPS) is 19.6. The van der Waals surface area contributed by atoms with Gasteiger partial charge in [-0.1, -0.05) is 142 Å². The van der Waals surface area contributed by atoms with E-state index in [0.29, 0.717) is 12.8 Å². The predicted octanol–water partition coefficient (Wildman–Crippen LogP) is 7.55. The fourth-order valence-electron chi connectivity index (χ4n) is 6.76. The SMILES string of the molecule is CCCCCCCCCCCCCC(=O)OCC(COP(=O)(OCC1OC(n2cc(N)cnc2=O)C(O)C1O)OP(=O)(O)O)OC(=O)CCCCCCCCCCCCC. The molecule has 1 aromatic heterocycles. The molecule has 0 bridgehead atoms. The van der Waals surface area contributed by atoms with Crippen LogP contribution >= 0.6 is 15.6 Å². The van der Waals surface area contributed by atoms with E-state index in [-0.39, 0.29) is 18.5 Å². The zero-order valence-electron chi connectivity index (χ0n) is 35.8. The van der Waals surface area contributed by atoms with Gasteiger partial charge in [0.2, 0.25) is 0 Å². The lowest BCUT2D eigenvalue weighted by molar-refractivity contribution is -0.161. The lowest BCUT2D eigenvalue weighted by atomic mass is 10.1. The molecule has 1 fully saturated rings. The van der Waals surface area contributed by atoms with Crippen molar-refractivity contribution in [2.24, 2.45) is 0 Å². The van der Waals surface area contributed by atoms with Crippen molar-refractivity contribution in [2.75, 3.05) is 25.6 Å². The summed E-state index contributed by atoms with van der Waals surface area (Å²) >= 11 is 0. The number of aliphatic hydroxyl groups is 2. The molecule has 0 aliphatic carbocycles. The maximum absolute atomic E-state index is 13.6. The van der Waals surface area contributed by atoms with Gasteiger partial charge in [-0.05, 0) is 12.8 Å². The summed E-state index contributed by atoms with van der Waals surface area (Å²) < 4.78 is 57.4. The maximum atomic E-state index is 13.6. The van der Waals surface area contributed by atoms with Crippen LogP contribution < -0.4 is 11.4 Å². The van der Waals surface area contributed by atoms with E-state index in [1.807, 2.05) is 0 Å². The van der Waals surface area contributed by atoms with Gasteiger partial charge in [-0.3, -0.25) is 23.2 Å². The molecule has 60 heavy (non-hydrogen) atoms. The number of nitrogens with two attached hydrogens (primary N) is 1. The number of aromatic nitrogens is 2. The van der Waals surface area contributed by atoms with Gasteiger partial charge in [0, 0.05) is 19.0 Å². The monoisotopic (exact) mass is 897 g/mol. The summed E-state index contributed by atoms with van der Waals surface area (Å²) in [6.07, 6.45) is 18.5. The number of aliphatic hydroxyl groups excluding tert-OH is 2. The van der Waals surface area contributed by atoms with Gasteiger partial charge in [0.05, 0.1) is 25.1 Å². The Kier molecular flexibility index (Phi) is 27.6. The largest absolute Gasteiger partial charge is 0.483 e. The molecule has 1 aliphatic rings. The van der Waals surface area contributed by atoms with Gasteiger partial charge in [-0.2, -0.15) is 9.29 Å². The molecule has 348 valence electrons. The van der Waals surface area contributed by atoms with Crippen LogP contribution in [0.4, 0.5) is 5.69 Å². The van der Waals surface area contributed by atoms with E-state index >= 15 is 0 Å². The first-order valence-electron chi connectivity index (χ1n) is 22.0. The third-order valence-electron chi connectivity index (χ3n) is 10.2. The van der Waals surface area contributed by atoms with Crippen molar-refractivity contribution in [1.82, 2.24) is 9.55 Å². The van der Waals surface area contributed by atoms with E-state index in [4.69, 9.17) is 29.0 Å². The summed E-state index contributed by atoms with van der Waals surface area (Å²) in [5.41, 5.74) is 4.86. The second-order valence-corrected chi connectivity index (χ2v) is 18.6. The minimum atomic E-state index is -5.56. The fraction of sp³-hybridized carbons (Fsp3) is 0.850. The quantitative estimate of drug-likeness (QED) is 0.0247. The highest BCUT2D eigenvalue weighted by Crippen LogP contribution is 2.61. The average Bonchev–Trinajstić information content (AvgIpc) is 3.48. The highest BCUT2D eigenvalue weighted by atomic mass is 31.3. The molecule has 0 amide bonds. The Morgan fingerprint density at radius 3 is 1.73 bits per heavy atom. The van der Waals surface area contributed by atoms with Gasteiger partial charge >= 0.3 is 33.3 Å². The van der Waals surface area contributed by atoms with Gasteiger partial charge in [0.25, 0.3) is 0 Å². The fourth-order valence-corrected chi connectivity index (χ4v) is 8.94. The number of esters is 2. The Bertz CT molecular complexity index is 1500. The average molecular weight is 898 g/mol. The first kappa shape index (κ1) is 53.9. The zero-order chi connectivity index (χ0) is 44.2. The van der Waals surface area contributed by atoms with Crippen molar-refractivity contribution in [3.8, 4) is 0 Å².